The van der Waals surface area contributed by atoms with Crippen molar-refractivity contribution in [1.82, 2.24) is 4.98 Å². The molecule has 2 aliphatic rings. The Kier molecular flexibility index (Phi) is 4.84. The van der Waals surface area contributed by atoms with Crippen LogP contribution < -0.4 is 15.0 Å². The summed E-state index contributed by atoms with van der Waals surface area (Å²) in [7, 11) is 2.13. The Morgan fingerprint density at radius 2 is 1.86 bits per heavy atom. The predicted molar refractivity (Wildman–Crippen MR) is 118 cm³/mol. The van der Waals surface area contributed by atoms with E-state index in [4.69, 9.17) is 4.74 Å². The molecule has 2 aliphatic carbocycles. The van der Waals surface area contributed by atoms with Crippen LogP contribution in [0.2, 0.25) is 0 Å². The number of hydrogen-bond donors (Lipinski definition) is 1. The van der Waals surface area contributed by atoms with Crippen molar-refractivity contribution < 1.29 is 4.74 Å². The first-order valence-electron chi connectivity index (χ1n) is 10.5. The van der Waals surface area contributed by atoms with Gasteiger partial charge in [-0.15, -0.1) is 0 Å². The number of nitrogens with one attached hydrogen (secondary N) is 1. The summed E-state index contributed by atoms with van der Waals surface area (Å²) in [5.74, 6) is 1.53. The maximum absolute atomic E-state index is 5.86. The molecule has 0 saturated heterocycles. The Bertz CT molecular complexity index is 967. The van der Waals surface area contributed by atoms with E-state index in [9.17, 15) is 0 Å². The molecule has 0 amide bonds. The molecular weight excluding hydrogens is 358 g/mol. The maximum Gasteiger partial charge on any atom is 0.119 e. The van der Waals surface area contributed by atoms with Gasteiger partial charge in [0, 0.05) is 43.3 Å². The van der Waals surface area contributed by atoms with Crippen LogP contribution in [0.1, 0.15) is 36.3 Å². The van der Waals surface area contributed by atoms with Crippen LogP contribution in [0.5, 0.6) is 5.75 Å². The highest BCUT2D eigenvalue weighted by atomic mass is 16.5. The first kappa shape index (κ1) is 18.0. The quantitative estimate of drug-likeness (QED) is 0.580. The van der Waals surface area contributed by atoms with Crippen LogP contribution in [-0.2, 0) is 6.42 Å². The molecule has 4 heteroatoms. The Hall–Kier alpha value is -3.01. The summed E-state index contributed by atoms with van der Waals surface area (Å²) in [4.78, 5) is 6.43. The van der Waals surface area contributed by atoms with E-state index in [-0.39, 0.29) is 0 Å². The molecule has 0 aliphatic heterocycles. The minimum Gasteiger partial charge on any atom is -0.490 e. The summed E-state index contributed by atoms with van der Waals surface area (Å²) >= 11 is 0. The average Bonchev–Trinajstić information content (AvgIpc) is 3.49. The van der Waals surface area contributed by atoms with E-state index >= 15 is 0 Å². The molecule has 1 aromatic heterocycles. The Morgan fingerprint density at radius 1 is 1.03 bits per heavy atom. The normalized spacial score (nSPS) is 17.6. The van der Waals surface area contributed by atoms with Gasteiger partial charge < -0.3 is 15.0 Å². The lowest BCUT2D eigenvalue weighted by atomic mass is 10.0. The topological polar surface area (TPSA) is 37.4 Å². The van der Waals surface area contributed by atoms with Crippen LogP contribution in [0.3, 0.4) is 0 Å². The number of pyridine rings is 1. The second-order valence-corrected chi connectivity index (χ2v) is 8.11. The highest BCUT2D eigenvalue weighted by molar-refractivity contribution is 5.65. The van der Waals surface area contributed by atoms with E-state index in [0.717, 1.165) is 24.4 Å². The smallest absolute Gasteiger partial charge is 0.119 e. The number of anilines is 3. The first-order valence-corrected chi connectivity index (χ1v) is 10.5. The molecule has 0 unspecified atom stereocenters. The molecule has 0 spiro atoms. The van der Waals surface area contributed by atoms with Crippen molar-refractivity contribution in [3.05, 3.63) is 78.1 Å². The lowest BCUT2D eigenvalue weighted by Crippen LogP contribution is -2.11. The predicted octanol–water partition coefficient (Wildman–Crippen LogP) is 5.53. The third kappa shape index (κ3) is 4.07. The van der Waals surface area contributed by atoms with Gasteiger partial charge in [0.2, 0.25) is 0 Å². The van der Waals surface area contributed by atoms with Crippen LogP contribution in [0.4, 0.5) is 17.1 Å². The van der Waals surface area contributed by atoms with Gasteiger partial charge >= 0.3 is 0 Å². The zero-order chi connectivity index (χ0) is 19.6. The monoisotopic (exact) mass is 385 g/mol. The Morgan fingerprint density at radius 3 is 2.62 bits per heavy atom. The molecule has 2 aromatic carbocycles. The van der Waals surface area contributed by atoms with Crippen LogP contribution in [0, 0.1) is 0 Å². The van der Waals surface area contributed by atoms with E-state index in [1.807, 2.05) is 18.5 Å². The summed E-state index contributed by atoms with van der Waals surface area (Å²) in [6, 6.07) is 19.4. The summed E-state index contributed by atoms with van der Waals surface area (Å²) in [6.45, 7) is 0.955. The van der Waals surface area contributed by atoms with Gasteiger partial charge in [0.15, 0.2) is 0 Å². The van der Waals surface area contributed by atoms with Crippen molar-refractivity contribution >= 4 is 17.1 Å². The lowest BCUT2D eigenvalue weighted by Gasteiger charge is -2.21. The molecule has 1 fully saturated rings. The van der Waals surface area contributed by atoms with Crippen molar-refractivity contribution in [1.29, 1.82) is 0 Å². The van der Waals surface area contributed by atoms with Crippen molar-refractivity contribution in [3.8, 4) is 5.75 Å². The zero-order valence-electron chi connectivity index (χ0n) is 16.8. The van der Waals surface area contributed by atoms with Crippen molar-refractivity contribution in [2.24, 2.45) is 0 Å². The second-order valence-electron chi connectivity index (χ2n) is 8.11. The van der Waals surface area contributed by atoms with Gasteiger partial charge in [-0.2, -0.15) is 0 Å². The number of hydrogen-bond acceptors (Lipinski definition) is 4. The van der Waals surface area contributed by atoms with E-state index < -0.39 is 0 Å². The number of ether oxygens (including phenoxy) is 1. The molecule has 4 nitrogen and oxygen atoms in total. The van der Waals surface area contributed by atoms with Crippen molar-refractivity contribution in [3.63, 3.8) is 0 Å². The first-order chi connectivity index (χ1) is 14.3. The third-order valence-electron chi connectivity index (χ3n) is 5.98. The second kappa shape index (κ2) is 7.78. The highest BCUT2D eigenvalue weighted by Crippen LogP contribution is 2.37. The fourth-order valence-electron chi connectivity index (χ4n) is 4.10. The summed E-state index contributed by atoms with van der Waals surface area (Å²) in [5.41, 5.74) is 6.46. The largest absolute Gasteiger partial charge is 0.490 e. The number of fused-ring (bicyclic) bond motifs is 1. The van der Waals surface area contributed by atoms with E-state index in [0.29, 0.717) is 12.0 Å². The minimum absolute atomic E-state index is 0.441. The van der Waals surface area contributed by atoms with Gasteiger partial charge in [-0.05, 0) is 85.3 Å². The fourth-order valence-corrected chi connectivity index (χ4v) is 4.10. The van der Waals surface area contributed by atoms with Crippen molar-refractivity contribution in [2.75, 3.05) is 23.8 Å². The maximum atomic E-state index is 5.86. The van der Waals surface area contributed by atoms with Gasteiger partial charge in [0.25, 0.3) is 0 Å². The van der Waals surface area contributed by atoms with Crippen LogP contribution in [-0.4, -0.2) is 24.7 Å². The van der Waals surface area contributed by atoms with Crippen LogP contribution >= 0.6 is 0 Å². The lowest BCUT2D eigenvalue weighted by molar-refractivity contribution is 0.303. The molecule has 0 radical (unpaired) electrons. The molecule has 29 heavy (non-hydrogen) atoms. The molecule has 1 saturated carbocycles. The van der Waals surface area contributed by atoms with E-state index in [1.54, 1.807) is 0 Å². The van der Waals surface area contributed by atoms with E-state index in [2.05, 4.69) is 70.8 Å². The number of benzene rings is 2. The highest BCUT2D eigenvalue weighted by Gasteiger charge is 2.24. The van der Waals surface area contributed by atoms with Gasteiger partial charge in [0.1, 0.15) is 5.75 Å². The minimum atomic E-state index is 0.441. The van der Waals surface area contributed by atoms with Gasteiger partial charge in [-0.1, -0.05) is 6.07 Å². The molecule has 0 bridgehead atoms. The number of nitrogens with zero attached hydrogens (tertiary/aromatic N) is 2. The molecule has 1 atom stereocenters. The molecule has 148 valence electrons. The molecule has 3 aromatic rings. The SMILES string of the molecule is CN(c1ccc(OC2CC2)cc1)c1ccc2c(c1)CC[C@H]2CNc1cccnc1. The van der Waals surface area contributed by atoms with Crippen LogP contribution in [0.15, 0.2) is 67.0 Å². The van der Waals surface area contributed by atoms with Gasteiger partial charge in [-0.3, -0.25) is 4.98 Å². The summed E-state index contributed by atoms with van der Waals surface area (Å²) < 4.78 is 5.86. The van der Waals surface area contributed by atoms with Crippen LogP contribution in [0.25, 0.3) is 0 Å². The van der Waals surface area contributed by atoms with Crippen molar-refractivity contribution in [2.45, 2.75) is 37.7 Å². The molecule has 1 heterocycles. The number of aromatic nitrogens is 1. The molecular formula is C25H27N3O. The van der Waals surface area contributed by atoms with E-state index in [1.165, 1.54) is 41.8 Å². The number of aryl methyl sites for hydroxylation is 1. The molecule has 1 N–H and O–H groups in total. The summed E-state index contributed by atoms with van der Waals surface area (Å²) in [5, 5.41) is 3.53. The number of rotatable bonds is 7. The van der Waals surface area contributed by atoms with Gasteiger partial charge in [-0.25, -0.2) is 0 Å². The summed E-state index contributed by atoms with van der Waals surface area (Å²) in [6.07, 6.45) is 8.85. The third-order valence-corrected chi connectivity index (χ3v) is 5.98. The Balaban J connectivity index is 1.26. The fraction of sp³-hybridized carbons (Fsp3) is 0.320. The Labute approximate surface area is 172 Å². The standard InChI is InChI=1S/C25H27N3O/c1-28(21-6-9-23(10-7-21)29-24-11-12-24)22-8-13-25-18(15-22)4-5-19(25)16-27-20-3-2-14-26-17-20/h2-3,6-10,13-15,17,19,24,27H,4-5,11-12,16H2,1H3/t19-/m0/s1. The zero-order valence-corrected chi connectivity index (χ0v) is 16.8. The average molecular weight is 386 g/mol. The van der Waals surface area contributed by atoms with Gasteiger partial charge in [0.05, 0.1) is 11.8 Å². The molecule has 5 rings (SSSR count).